The number of fused-ring (bicyclic) bond motifs is 2. The fourth-order valence-corrected chi connectivity index (χ4v) is 3.77. The second kappa shape index (κ2) is 5.38. The van der Waals surface area contributed by atoms with Crippen LogP contribution in [-0.2, 0) is 0 Å². The molecular formula is C23H18N2. The van der Waals surface area contributed by atoms with E-state index in [0.717, 1.165) is 16.9 Å². The number of aromatic nitrogens is 2. The van der Waals surface area contributed by atoms with Crippen molar-refractivity contribution in [2.45, 2.75) is 6.92 Å². The van der Waals surface area contributed by atoms with Crippen molar-refractivity contribution in [2.75, 3.05) is 0 Å². The largest absolute Gasteiger partial charge is 0.353 e. The smallest absolute Gasteiger partial charge is 0.0713 e. The van der Waals surface area contributed by atoms with Crippen LogP contribution in [0.25, 0.3) is 44.3 Å². The molecule has 0 aliphatic rings. The van der Waals surface area contributed by atoms with Gasteiger partial charge in [-0.25, -0.2) is 0 Å². The normalized spacial score (nSPS) is 11.4. The molecule has 5 aromatic rings. The standard InChI is InChI=1S/C23H18N2/c1-15-17-11-5-7-13-19(17)24-22(15)23-21(16-9-3-2-4-10-16)18-12-6-8-14-20(18)25-23/h2-14,24-25H,1H3. The predicted molar refractivity (Wildman–Crippen MR) is 106 cm³/mol. The first-order valence-corrected chi connectivity index (χ1v) is 8.57. The number of hydrogen-bond donors (Lipinski definition) is 2. The van der Waals surface area contributed by atoms with Gasteiger partial charge in [0.15, 0.2) is 0 Å². The minimum atomic E-state index is 1.15. The molecule has 0 spiro atoms. The van der Waals surface area contributed by atoms with Crippen molar-refractivity contribution in [1.82, 2.24) is 9.97 Å². The van der Waals surface area contributed by atoms with E-state index in [2.05, 4.69) is 95.8 Å². The van der Waals surface area contributed by atoms with Crippen LogP contribution in [0.5, 0.6) is 0 Å². The third-order valence-electron chi connectivity index (χ3n) is 4.98. The average molecular weight is 322 g/mol. The van der Waals surface area contributed by atoms with Crippen molar-refractivity contribution >= 4 is 21.8 Å². The molecule has 0 saturated carbocycles. The van der Waals surface area contributed by atoms with E-state index < -0.39 is 0 Å². The van der Waals surface area contributed by atoms with Gasteiger partial charge in [0.2, 0.25) is 0 Å². The molecule has 0 amide bonds. The van der Waals surface area contributed by atoms with Crippen LogP contribution < -0.4 is 0 Å². The average Bonchev–Trinajstić information content (AvgIpc) is 3.21. The molecule has 0 aliphatic carbocycles. The maximum atomic E-state index is 3.65. The van der Waals surface area contributed by atoms with E-state index in [-0.39, 0.29) is 0 Å². The predicted octanol–water partition coefficient (Wildman–Crippen LogP) is 6.29. The molecule has 0 bridgehead atoms. The zero-order valence-electron chi connectivity index (χ0n) is 14.0. The number of aryl methyl sites for hydroxylation is 1. The van der Waals surface area contributed by atoms with Gasteiger partial charge >= 0.3 is 0 Å². The lowest BCUT2D eigenvalue weighted by Crippen LogP contribution is -1.85. The topological polar surface area (TPSA) is 31.6 Å². The Balaban J connectivity index is 1.88. The van der Waals surface area contributed by atoms with Gasteiger partial charge < -0.3 is 9.97 Å². The summed E-state index contributed by atoms with van der Waals surface area (Å²) in [7, 11) is 0. The molecule has 2 nitrogen and oxygen atoms in total. The van der Waals surface area contributed by atoms with E-state index in [1.807, 2.05) is 0 Å². The highest BCUT2D eigenvalue weighted by atomic mass is 14.8. The van der Waals surface area contributed by atoms with Gasteiger partial charge in [-0.15, -0.1) is 0 Å². The van der Waals surface area contributed by atoms with Crippen LogP contribution in [0.1, 0.15) is 5.56 Å². The third-order valence-corrected chi connectivity index (χ3v) is 4.98. The Morgan fingerprint density at radius 1 is 0.560 bits per heavy atom. The number of nitrogens with one attached hydrogen (secondary N) is 2. The quantitative estimate of drug-likeness (QED) is 0.383. The number of rotatable bonds is 2. The van der Waals surface area contributed by atoms with Crippen molar-refractivity contribution in [3.63, 3.8) is 0 Å². The minimum Gasteiger partial charge on any atom is -0.353 e. The lowest BCUT2D eigenvalue weighted by Gasteiger charge is -2.05. The van der Waals surface area contributed by atoms with E-state index in [4.69, 9.17) is 0 Å². The van der Waals surface area contributed by atoms with Gasteiger partial charge in [0, 0.05) is 27.4 Å². The number of benzene rings is 3. The van der Waals surface area contributed by atoms with E-state index in [9.17, 15) is 0 Å². The Hall–Kier alpha value is -3.26. The molecule has 2 heteroatoms. The summed E-state index contributed by atoms with van der Waals surface area (Å²) in [5, 5.41) is 2.52. The van der Waals surface area contributed by atoms with E-state index in [1.54, 1.807) is 0 Å². The maximum absolute atomic E-state index is 3.65. The first kappa shape index (κ1) is 14.1. The molecule has 0 unspecified atom stereocenters. The van der Waals surface area contributed by atoms with Crippen LogP contribution >= 0.6 is 0 Å². The number of para-hydroxylation sites is 2. The van der Waals surface area contributed by atoms with Gasteiger partial charge in [0.1, 0.15) is 0 Å². The first-order chi connectivity index (χ1) is 12.3. The van der Waals surface area contributed by atoms with Gasteiger partial charge in [-0.3, -0.25) is 0 Å². The summed E-state index contributed by atoms with van der Waals surface area (Å²) in [4.78, 5) is 7.27. The van der Waals surface area contributed by atoms with Gasteiger partial charge in [0.05, 0.1) is 11.4 Å². The molecular weight excluding hydrogens is 304 g/mol. The molecule has 2 aromatic heterocycles. The van der Waals surface area contributed by atoms with Crippen molar-refractivity contribution in [1.29, 1.82) is 0 Å². The zero-order chi connectivity index (χ0) is 16.8. The summed E-state index contributed by atoms with van der Waals surface area (Å²) < 4.78 is 0. The van der Waals surface area contributed by atoms with Crippen LogP contribution in [0.2, 0.25) is 0 Å². The lowest BCUT2D eigenvalue weighted by atomic mass is 9.99. The first-order valence-electron chi connectivity index (χ1n) is 8.57. The molecule has 0 radical (unpaired) electrons. The Labute approximate surface area is 146 Å². The molecule has 0 fully saturated rings. The summed E-state index contributed by atoms with van der Waals surface area (Å²) in [5.74, 6) is 0. The Bertz CT molecular complexity index is 1190. The Morgan fingerprint density at radius 3 is 1.84 bits per heavy atom. The molecule has 0 atom stereocenters. The summed E-state index contributed by atoms with van der Waals surface area (Å²) in [6, 6.07) is 27.6. The third kappa shape index (κ3) is 2.11. The molecule has 25 heavy (non-hydrogen) atoms. The molecule has 3 aromatic carbocycles. The van der Waals surface area contributed by atoms with Gasteiger partial charge in [-0.05, 0) is 30.2 Å². The number of aromatic amines is 2. The van der Waals surface area contributed by atoms with Crippen molar-refractivity contribution < 1.29 is 0 Å². The zero-order valence-corrected chi connectivity index (χ0v) is 14.0. The molecule has 5 rings (SSSR count). The molecule has 2 heterocycles. The highest BCUT2D eigenvalue weighted by Gasteiger charge is 2.18. The van der Waals surface area contributed by atoms with E-state index >= 15 is 0 Å². The number of H-pyrrole nitrogens is 2. The van der Waals surface area contributed by atoms with Crippen molar-refractivity contribution in [3.05, 3.63) is 84.4 Å². The Morgan fingerprint density at radius 2 is 1.12 bits per heavy atom. The van der Waals surface area contributed by atoms with Crippen LogP contribution in [0, 0.1) is 6.92 Å². The summed E-state index contributed by atoms with van der Waals surface area (Å²) >= 11 is 0. The highest BCUT2D eigenvalue weighted by molar-refractivity contribution is 6.05. The maximum Gasteiger partial charge on any atom is 0.0713 e. The second-order valence-electron chi connectivity index (χ2n) is 6.46. The van der Waals surface area contributed by atoms with Gasteiger partial charge in [0.25, 0.3) is 0 Å². The number of hydrogen-bond acceptors (Lipinski definition) is 0. The summed E-state index contributed by atoms with van der Waals surface area (Å²) in [6.45, 7) is 2.19. The van der Waals surface area contributed by atoms with Gasteiger partial charge in [-0.1, -0.05) is 66.7 Å². The van der Waals surface area contributed by atoms with E-state index in [0.29, 0.717) is 0 Å². The monoisotopic (exact) mass is 322 g/mol. The molecule has 120 valence electrons. The summed E-state index contributed by atoms with van der Waals surface area (Å²) in [5.41, 5.74) is 8.41. The lowest BCUT2D eigenvalue weighted by molar-refractivity contribution is 1.35. The molecule has 0 aliphatic heterocycles. The summed E-state index contributed by atoms with van der Waals surface area (Å²) in [6.07, 6.45) is 0. The molecule has 2 N–H and O–H groups in total. The van der Waals surface area contributed by atoms with Crippen LogP contribution in [-0.4, -0.2) is 9.97 Å². The van der Waals surface area contributed by atoms with Crippen LogP contribution in [0.4, 0.5) is 0 Å². The van der Waals surface area contributed by atoms with Crippen LogP contribution in [0.3, 0.4) is 0 Å². The molecule has 0 saturated heterocycles. The highest BCUT2D eigenvalue weighted by Crippen LogP contribution is 2.40. The fraction of sp³-hybridized carbons (Fsp3) is 0.0435. The second-order valence-corrected chi connectivity index (χ2v) is 6.46. The van der Waals surface area contributed by atoms with Crippen molar-refractivity contribution in [3.8, 4) is 22.5 Å². The van der Waals surface area contributed by atoms with E-state index in [1.165, 1.54) is 33.0 Å². The van der Waals surface area contributed by atoms with Gasteiger partial charge in [-0.2, -0.15) is 0 Å². The van der Waals surface area contributed by atoms with Crippen LogP contribution in [0.15, 0.2) is 78.9 Å². The van der Waals surface area contributed by atoms with Crippen molar-refractivity contribution in [2.24, 2.45) is 0 Å². The minimum absolute atomic E-state index is 1.15. The Kier molecular flexibility index (Phi) is 3.04. The SMILES string of the molecule is Cc1c(-c2[nH]c3ccccc3c2-c2ccccc2)[nH]c2ccccc12. The fourth-order valence-electron chi connectivity index (χ4n) is 3.77.